The molecule has 0 aliphatic carbocycles. The Bertz CT molecular complexity index is 514. The predicted octanol–water partition coefficient (Wildman–Crippen LogP) is -2.07. The molecule has 1 aliphatic rings. The van der Waals surface area contributed by atoms with E-state index in [1.54, 1.807) is 12.1 Å². The quantitative estimate of drug-likeness (QED) is 0.255. The van der Waals surface area contributed by atoms with Crippen LogP contribution in [0.3, 0.4) is 0 Å². The first-order valence-corrected chi connectivity index (χ1v) is 8.61. The molecule has 1 heterocycles. The van der Waals surface area contributed by atoms with E-state index in [1.807, 2.05) is 12.1 Å². The number of hydrogen-bond acceptors (Lipinski definition) is 9. The summed E-state index contributed by atoms with van der Waals surface area (Å²) < 4.78 is 16.1. The predicted molar refractivity (Wildman–Crippen MR) is 92.4 cm³/mol. The van der Waals surface area contributed by atoms with Gasteiger partial charge in [0.25, 0.3) is 0 Å². The zero-order valence-electron chi connectivity index (χ0n) is 14.5. The fraction of sp³-hybridized carbons (Fsp3) is 0.647. The van der Waals surface area contributed by atoms with Gasteiger partial charge in [-0.25, -0.2) is 0 Å². The second-order valence-electron chi connectivity index (χ2n) is 6.04. The topological polar surface area (TPSA) is 147 Å². The number of rotatable bonds is 10. The molecule has 5 atom stereocenters. The van der Waals surface area contributed by atoms with Crippen LogP contribution in [0.2, 0.25) is 0 Å². The maximum absolute atomic E-state index is 9.97. The molecule has 1 aromatic rings. The van der Waals surface area contributed by atoms with Crippen LogP contribution in [-0.2, 0) is 16.0 Å². The van der Waals surface area contributed by atoms with Crippen LogP contribution in [-0.4, -0.2) is 84.0 Å². The van der Waals surface area contributed by atoms with Gasteiger partial charge in [0.15, 0.2) is 0 Å². The van der Waals surface area contributed by atoms with Gasteiger partial charge in [0, 0.05) is 19.6 Å². The number of aliphatic hydroxyl groups is 4. The molecule has 1 aliphatic heterocycles. The standard InChI is InChI=1S/C17H28N2O7/c18-5-7-24-8-6-19-9-11-1-3-12(4-2-11)25-17-16(23)15(22)14(21)13(10-20)26-17/h1-4,13-17,19-23H,5-10,18H2. The lowest BCUT2D eigenvalue weighted by molar-refractivity contribution is -0.277. The third-order valence-electron chi connectivity index (χ3n) is 4.04. The van der Waals surface area contributed by atoms with Gasteiger partial charge in [-0.15, -0.1) is 0 Å². The molecule has 26 heavy (non-hydrogen) atoms. The smallest absolute Gasteiger partial charge is 0.229 e. The summed E-state index contributed by atoms with van der Waals surface area (Å²) in [5.74, 6) is 0.435. The van der Waals surface area contributed by atoms with E-state index >= 15 is 0 Å². The molecule has 148 valence electrons. The van der Waals surface area contributed by atoms with Crippen LogP contribution in [0, 0.1) is 0 Å². The zero-order valence-corrected chi connectivity index (χ0v) is 14.5. The molecule has 0 spiro atoms. The Morgan fingerprint density at radius 3 is 2.42 bits per heavy atom. The Morgan fingerprint density at radius 1 is 1.04 bits per heavy atom. The van der Waals surface area contributed by atoms with Gasteiger partial charge in [-0.3, -0.25) is 0 Å². The first-order chi connectivity index (χ1) is 12.6. The van der Waals surface area contributed by atoms with Gasteiger partial charge in [0.2, 0.25) is 6.29 Å². The highest BCUT2D eigenvalue weighted by Gasteiger charge is 2.44. The van der Waals surface area contributed by atoms with Crippen molar-refractivity contribution in [3.63, 3.8) is 0 Å². The number of hydrogen-bond donors (Lipinski definition) is 6. The van der Waals surface area contributed by atoms with E-state index in [-0.39, 0.29) is 0 Å². The van der Waals surface area contributed by atoms with E-state index in [2.05, 4.69) is 5.32 Å². The number of benzene rings is 1. The van der Waals surface area contributed by atoms with E-state index in [4.69, 9.17) is 19.9 Å². The summed E-state index contributed by atoms with van der Waals surface area (Å²) >= 11 is 0. The minimum atomic E-state index is -1.46. The summed E-state index contributed by atoms with van der Waals surface area (Å²) in [6, 6.07) is 7.13. The van der Waals surface area contributed by atoms with Crippen LogP contribution >= 0.6 is 0 Å². The molecule has 1 saturated heterocycles. The number of nitrogens with two attached hydrogens (primary N) is 1. The van der Waals surface area contributed by atoms with Crippen molar-refractivity contribution in [2.24, 2.45) is 5.73 Å². The van der Waals surface area contributed by atoms with E-state index in [0.717, 1.165) is 5.56 Å². The molecular formula is C17H28N2O7. The Kier molecular flexibility index (Phi) is 8.69. The first-order valence-electron chi connectivity index (χ1n) is 8.61. The number of aliphatic hydroxyl groups excluding tert-OH is 4. The Balaban J connectivity index is 1.81. The molecule has 0 aromatic heterocycles. The van der Waals surface area contributed by atoms with Crippen molar-refractivity contribution < 1.29 is 34.6 Å². The summed E-state index contributed by atoms with van der Waals surface area (Å²) in [5.41, 5.74) is 6.37. The van der Waals surface area contributed by atoms with Crippen LogP contribution < -0.4 is 15.8 Å². The van der Waals surface area contributed by atoms with Crippen molar-refractivity contribution in [1.82, 2.24) is 5.32 Å². The maximum Gasteiger partial charge on any atom is 0.229 e. The SMILES string of the molecule is NCCOCCNCc1ccc(OC2OC(CO)C(O)C(O)C2O)cc1. The van der Waals surface area contributed by atoms with E-state index in [9.17, 15) is 20.4 Å². The summed E-state index contributed by atoms with van der Waals surface area (Å²) in [6.07, 6.45) is -6.48. The fourth-order valence-corrected chi connectivity index (χ4v) is 2.55. The van der Waals surface area contributed by atoms with Gasteiger partial charge in [0.1, 0.15) is 30.2 Å². The van der Waals surface area contributed by atoms with Crippen molar-refractivity contribution in [3.8, 4) is 5.75 Å². The molecule has 0 bridgehead atoms. The molecule has 5 unspecified atom stereocenters. The lowest BCUT2D eigenvalue weighted by Gasteiger charge is -2.39. The molecule has 9 nitrogen and oxygen atoms in total. The fourth-order valence-electron chi connectivity index (χ4n) is 2.55. The minimum absolute atomic E-state index is 0.435. The molecule has 0 saturated carbocycles. The van der Waals surface area contributed by atoms with Crippen LogP contribution in [0.25, 0.3) is 0 Å². The van der Waals surface area contributed by atoms with Gasteiger partial charge < -0.3 is 45.7 Å². The number of ether oxygens (including phenoxy) is 3. The lowest BCUT2D eigenvalue weighted by atomic mass is 9.99. The van der Waals surface area contributed by atoms with E-state index < -0.39 is 37.3 Å². The van der Waals surface area contributed by atoms with Gasteiger partial charge in [-0.05, 0) is 17.7 Å². The molecule has 2 rings (SSSR count). The summed E-state index contributed by atoms with van der Waals surface area (Å²) in [7, 11) is 0. The van der Waals surface area contributed by atoms with E-state index in [1.165, 1.54) is 0 Å². The van der Waals surface area contributed by atoms with Gasteiger partial charge in [0.05, 0.1) is 19.8 Å². The second-order valence-corrected chi connectivity index (χ2v) is 6.04. The Labute approximate surface area is 152 Å². The van der Waals surface area contributed by atoms with Crippen molar-refractivity contribution >= 4 is 0 Å². The highest BCUT2D eigenvalue weighted by atomic mass is 16.7. The number of nitrogens with one attached hydrogen (secondary N) is 1. The van der Waals surface area contributed by atoms with Crippen molar-refractivity contribution in [3.05, 3.63) is 29.8 Å². The van der Waals surface area contributed by atoms with Gasteiger partial charge in [-0.2, -0.15) is 0 Å². The third kappa shape index (κ3) is 5.86. The molecule has 9 heteroatoms. The van der Waals surface area contributed by atoms with Gasteiger partial charge in [-0.1, -0.05) is 12.1 Å². The zero-order chi connectivity index (χ0) is 18.9. The molecule has 7 N–H and O–H groups in total. The molecule has 0 radical (unpaired) electrons. The molecule has 0 amide bonds. The van der Waals surface area contributed by atoms with Crippen molar-refractivity contribution in [2.45, 2.75) is 37.3 Å². The maximum atomic E-state index is 9.97. The van der Waals surface area contributed by atoms with Crippen LogP contribution in [0.1, 0.15) is 5.56 Å². The Morgan fingerprint density at radius 2 is 1.77 bits per heavy atom. The van der Waals surface area contributed by atoms with Crippen LogP contribution in [0.5, 0.6) is 5.75 Å². The van der Waals surface area contributed by atoms with Gasteiger partial charge >= 0.3 is 0 Å². The average molecular weight is 372 g/mol. The van der Waals surface area contributed by atoms with Crippen LogP contribution in [0.4, 0.5) is 0 Å². The summed E-state index contributed by atoms with van der Waals surface area (Å²) in [5, 5.41) is 41.9. The average Bonchev–Trinajstić information content (AvgIpc) is 2.66. The molecular weight excluding hydrogens is 344 g/mol. The first kappa shape index (κ1) is 21.0. The minimum Gasteiger partial charge on any atom is -0.462 e. The largest absolute Gasteiger partial charge is 0.462 e. The highest BCUT2D eigenvalue weighted by Crippen LogP contribution is 2.24. The lowest BCUT2D eigenvalue weighted by Crippen LogP contribution is -2.60. The summed E-state index contributed by atoms with van der Waals surface area (Å²) in [6.45, 7) is 2.52. The molecule has 1 fully saturated rings. The van der Waals surface area contributed by atoms with Crippen molar-refractivity contribution in [1.29, 1.82) is 0 Å². The normalized spacial score (nSPS) is 28.9. The highest BCUT2D eigenvalue weighted by molar-refractivity contribution is 5.27. The third-order valence-corrected chi connectivity index (χ3v) is 4.04. The molecule has 1 aromatic carbocycles. The monoisotopic (exact) mass is 372 g/mol. The van der Waals surface area contributed by atoms with E-state index in [0.29, 0.717) is 38.6 Å². The second kappa shape index (κ2) is 10.8. The van der Waals surface area contributed by atoms with Crippen LogP contribution in [0.15, 0.2) is 24.3 Å². The van der Waals surface area contributed by atoms with Crippen molar-refractivity contribution in [2.75, 3.05) is 32.9 Å². The summed E-state index contributed by atoms with van der Waals surface area (Å²) in [4.78, 5) is 0. The Hall–Kier alpha value is -1.30.